The third-order valence-electron chi connectivity index (χ3n) is 4.94. The number of halogens is 2. The number of hydrogen-bond donors (Lipinski definition) is 2. The molecule has 1 heterocycles. The number of carbonyl (C=O) groups is 1. The molecule has 1 unspecified atom stereocenters. The number of aromatic nitrogens is 3. The van der Waals surface area contributed by atoms with Crippen LogP contribution in [0.5, 0.6) is 0 Å². The monoisotopic (exact) mass is 499 g/mol. The molecule has 11 heteroatoms. The third-order valence-corrected chi connectivity index (χ3v) is 6.61. The molecule has 3 aromatic carbocycles. The standard InChI is InChI=1S/C23H19ClFN5O3S/c24-20-12-19(10-11-21(20)25)34(32,33)29-18-8-6-17(7-9-18)23(31)28-22(13-30-15-26-14-27-30)16-4-2-1-3-5-16/h1-12,14-15,22,29H,13H2,(H,28,31). The van der Waals surface area contributed by atoms with Gasteiger partial charge in [0.1, 0.15) is 18.5 Å². The van der Waals surface area contributed by atoms with Gasteiger partial charge >= 0.3 is 0 Å². The molecule has 174 valence electrons. The Kier molecular flexibility index (Phi) is 6.90. The molecular weight excluding hydrogens is 481 g/mol. The van der Waals surface area contributed by atoms with E-state index in [1.165, 1.54) is 30.6 Å². The van der Waals surface area contributed by atoms with E-state index >= 15 is 0 Å². The van der Waals surface area contributed by atoms with Crippen molar-refractivity contribution in [1.82, 2.24) is 20.1 Å². The Morgan fingerprint density at radius 1 is 1.06 bits per heavy atom. The van der Waals surface area contributed by atoms with E-state index < -0.39 is 15.8 Å². The number of sulfonamides is 1. The zero-order valence-corrected chi connectivity index (χ0v) is 19.2. The maximum atomic E-state index is 13.3. The SMILES string of the molecule is O=C(NC(Cn1cncn1)c1ccccc1)c1ccc(NS(=O)(=O)c2ccc(F)c(Cl)c2)cc1. The number of carbonyl (C=O) groups excluding carboxylic acids is 1. The topological polar surface area (TPSA) is 106 Å². The van der Waals surface area contributed by atoms with Crippen LogP contribution in [0.25, 0.3) is 0 Å². The number of amides is 1. The molecule has 0 radical (unpaired) electrons. The highest BCUT2D eigenvalue weighted by Crippen LogP contribution is 2.22. The van der Waals surface area contributed by atoms with Crippen molar-refractivity contribution >= 4 is 33.2 Å². The Morgan fingerprint density at radius 3 is 2.44 bits per heavy atom. The summed E-state index contributed by atoms with van der Waals surface area (Å²) in [5.41, 5.74) is 1.47. The molecule has 2 N–H and O–H groups in total. The number of nitrogens with zero attached hydrogens (tertiary/aromatic N) is 3. The molecule has 0 spiro atoms. The van der Waals surface area contributed by atoms with E-state index in [2.05, 4.69) is 20.1 Å². The van der Waals surface area contributed by atoms with Gasteiger partial charge in [-0.05, 0) is 48.0 Å². The minimum Gasteiger partial charge on any atom is -0.343 e. The Bertz CT molecular complexity index is 1380. The average Bonchev–Trinajstić information content (AvgIpc) is 3.34. The smallest absolute Gasteiger partial charge is 0.261 e. The van der Waals surface area contributed by atoms with Crippen LogP contribution in [0.1, 0.15) is 22.0 Å². The molecule has 1 amide bonds. The highest BCUT2D eigenvalue weighted by molar-refractivity contribution is 7.92. The Hall–Kier alpha value is -3.76. The van der Waals surface area contributed by atoms with Crippen molar-refractivity contribution in [1.29, 1.82) is 0 Å². The lowest BCUT2D eigenvalue weighted by atomic mass is 10.1. The first-order valence-corrected chi connectivity index (χ1v) is 11.9. The summed E-state index contributed by atoms with van der Waals surface area (Å²) in [6.45, 7) is 0.383. The Balaban J connectivity index is 1.48. The first-order chi connectivity index (χ1) is 16.3. The van der Waals surface area contributed by atoms with Gasteiger partial charge in [-0.15, -0.1) is 0 Å². The van der Waals surface area contributed by atoms with Crippen LogP contribution in [0.3, 0.4) is 0 Å². The van der Waals surface area contributed by atoms with E-state index in [4.69, 9.17) is 11.6 Å². The van der Waals surface area contributed by atoms with Gasteiger partial charge in [0.05, 0.1) is 22.5 Å². The number of hydrogen-bond acceptors (Lipinski definition) is 5. The molecule has 0 bridgehead atoms. The van der Waals surface area contributed by atoms with Crippen LogP contribution in [0.2, 0.25) is 5.02 Å². The highest BCUT2D eigenvalue weighted by Gasteiger charge is 2.19. The lowest BCUT2D eigenvalue weighted by Gasteiger charge is -2.19. The largest absolute Gasteiger partial charge is 0.343 e. The molecule has 0 aliphatic rings. The van der Waals surface area contributed by atoms with Gasteiger partial charge in [-0.2, -0.15) is 5.10 Å². The predicted molar refractivity (Wildman–Crippen MR) is 125 cm³/mol. The number of rotatable bonds is 8. The van der Waals surface area contributed by atoms with Gasteiger partial charge in [0.15, 0.2) is 0 Å². The lowest BCUT2D eigenvalue weighted by Crippen LogP contribution is -2.31. The fourth-order valence-electron chi connectivity index (χ4n) is 3.22. The molecule has 0 saturated heterocycles. The van der Waals surface area contributed by atoms with Crippen LogP contribution >= 0.6 is 11.6 Å². The van der Waals surface area contributed by atoms with E-state index in [-0.39, 0.29) is 27.6 Å². The molecular formula is C23H19ClFN5O3S. The van der Waals surface area contributed by atoms with Crippen molar-refractivity contribution in [3.63, 3.8) is 0 Å². The van der Waals surface area contributed by atoms with E-state index in [9.17, 15) is 17.6 Å². The number of nitrogens with one attached hydrogen (secondary N) is 2. The second kappa shape index (κ2) is 10.0. The van der Waals surface area contributed by atoms with Gasteiger partial charge in [0.2, 0.25) is 0 Å². The molecule has 0 aliphatic heterocycles. The normalized spacial score (nSPS) is 12.2. The maximum Gasteiger partial charge on any atom is 0.261 e. The van der Waals surface area contributed by atoms with Crippen molar-refractivity contribution in [2.75, 3.05) is 4.72 Å². The molecule has 4 aromatic rings. The first kappa shape index (κ1) is 23.4. The van der Waals surface area contributed by atoms with Gasteiger partial charge in [0, 0.05) is 11.3 Å². The van der Waals surface area contributed by atoms with Crippen LogP contribution in [0.4, 0.5) is 10.1 Å². The average molecular weight is 500 g/mol. The van der Waals surface area contributed by atoms with E-state index in [0.29, 0.717) is 12.1 Å². The van der Waals surface area contributed by atoms with Crippen molar-refractivity contribution < 1.29 is 17.6 Å². The molecule has 0 aliphatic carbocycles. The summed E-state index contributed by atoms with van der Waals surface area (Å²) in [7, 11) is -3.99. The number of benzene rings is 3. The molecule has 1 atom stereocenters. The van der Waals surface area contributed by atoms with E-state index in [0.717, 1.165) is 23.8 Å². The van der Waals surface area contributed by atoms with E-state index in [1.54, 1.807) is 11.0 Å². The summed E-state index contributed by atoms with van der Waals surface area (Å²) in [6.07, 6.45) is 2.99. The minimum atomic E-state index is -3.99. The third kappa shape index (κ3) is 5.59. The molecule has 34 heavy (non-hydrogen) atoms. The molecule has 0 saturated carbocycles. The van der Waals surface area contributed by atoms with Gasteiger partial charge in [-0.25, -0.2) is 17.8 Å². The zero-order valence-electron chi connectivity index (χ0n) is 17.6. The summed E-state index contributed by atoms with van der Waals surface area (Å²) in [6, 6.07) is 18.1. The highest BCUT2D eigenvalue weighted by atomic mass is 35.5. The van der Waals surface area contributed by atoms with Gasteiger partial charge in [-0.3, -0.25) is 14.2 Å². The van der Waals surface area contributed by atoms with Crippen molar-refractivity contribution in [3.05, 3.63) is 107 Å². The summed E-state index contributed by atoms with van der Waals surface area (Å²) in [4.78, 5) is 16.7. The predicted octanol–water partition coefficient (Wildman–Crippen LogP) is 4.04. The van der Waals surface area contributed by atoms with Crippen LogP contribution in [0.15, 0.2) is 90.3 Å². The lowest BCUT2D eigenvalue weighted by molar-refractivity contribution is 0.0932. The van der Waals surface area contributed by atoms with Crippen LogP contribution in [-0.4, -0.2) is 29.1 Å². The molecule has 1 aromatic heterocycles. The van der Waals surface area contributed by atoms with Gasteiger partial charge in [-0.1, -0.05) is 41.9 Å². The Labute approximate surface area is 200 Å². The Morgan fingerprint density at radius 2 is 1.79 bits per heavy atom. The minimum absolute atomic E-state index is 0.181. The first-order valence-electron chi connectivity index (χ1n) is 10.1. The fourth-order valence-corrected chi connectivity index (χ4v) is 4.55. The summed E-state index contributed by atoms with van der Waals surface area (Å²) in [5.74, 6) is -1.05. The quantitative estimate of drug-likeness (QED) is 0.380. The van der Waals surface area contributed by atoms with Crippen LogP contribution < -0.4 is 10.0 Å². The molecule has 0 fully saturated rings. The maximum absolute atomic E-state index is 13.3. The van der Waals surface area contributed by atoms with Crippen LogP contribution in [-0.2, 0) is 16.6 Å². The van der Waals surface area contributed by atoms with E-state index in [1.807, 2.05) is 30.3 Å². The van der Waals surface area contributed by atoms with Gasteiger partial charge < -0.3 is 5.32 Å². The van der Waals surface area contributed by atoms with Gasteiger partial charge in [0.25, 0.3) is 15.9 Å². The fraction of sp³-hybridized carbons (Fsp3) is 0.0870. The summed E-state index contributed by atoms with van der Waals surface area (Å²) >= 11 is 5.69. The van der Waals surface area contributed by atoms with Crippen molar-refractivity contribution in [2.45, 2.75) is 17.5 Å². The molecule has 8 nitrogen and oxygen atoms in total. The van der Waals surface area contributed by atoms with Crippen molar-refractivity contribution in [3.8, 4) is 0 Å². The molecule has 4 rings (SSSR count). The second-order valence-corrected chi connectivity index (χ2v) is 9.40. The summed E-state index contributed by atoms with van der Waals surface area (Å²) < 4.78 is 42.5. The van der Waals surface area contributed by atoms with Crippen molar-refractivity contribution in [2.24, 2.45) is 0 Å². The zero-order chi connectivity index (χ0) is 24.1. The second-order valence-electron chi connectivity index (χ2n) is 7.31. The summed E-state index contributed by atoms with van der Waals surface area (Å²) in [5, 5.41) is 6.78. The number of anilines is 1. The van der Waals surface area contributed by atoms with Crippen LogP contribution in [0, 0.1) is 5.82 Å².